The Labute approximate surface area is 90.9 Å². The van der Waals surface area contributed by atoms with Crippen molar-refractivity contribution in [1.82, 2.24) is 4.98 Å². The van der Waals surface area contributed by atoms with E-state index in [1.807, 2.05) is 24.5 Å². The average Bonchev–Trinajstić information content (AvgIpc) is 2.17. The lowest BCUT2D eigenvalue weighted by atomic mass is 9.94. The van der Waals surface area contributed by atoms with Gasteiger partial charge in [-0.2, -0.15) is 0 Å². The van der Waals surface area contributed by atoms with Gasteiger partial charge in [0.25, 0.3) is 0 Å². The van der Waals surface area contributed by atoms with E-state index in [2.05, 4.69) is 24.1 Å². The fourth-order valence-electron chi connectivity index (χ4n) is 2.04. The Bertz CT molecular complexity index is 311. The van der Waals surface area contributed by atoms with Crippen LogP contribution in [0.4, 0.5) is 5.69 Å². The Morgan fingerprint density at radius 3 is 2.80 bits per heavy atom. The van der Waals surface area contributed by atoms with Gasteiger partial charge >= 0.3 is 0 Å². The molecule has 82 valence electrons. The number of hydrogen-bond donors (Lipinski definition) is 1. The molecule has 15 heavy (non-hydrogen) atoms. The lowest BCUT2D eigenvalue weighted by Gasteiger charge is -2.36. The number of pyridine rings is 1. The molecule has 0 amide bonds. The van der Waals surface area contributed by atoms with E-state index in [9.17, 15) is 0 Å². The molecule has 0 radical (unpaired) electrons. The molecule has 1 aliphatic heterocycles. The molecule has 1 aliphatic rings. The highest BCUT2D eigenvalue weighted by Crippen LogP contribution is 2.26. The molecular weight excluding hydrogens is 188 g/mol. The molecule has 1 aromatic heterocycles. The lowest BCUT2D eigenvalue weighted by molar-refractivity contribution is -0.0553. The van der Waals surface area contributed by atoms with E-state index in [1.54, 1.807) is 0 Å². The minimum atomic E-state index is 0.00292. The molecule has 0 saturated carbocycles. The molecular formula is C12H18N2O. The van der Waals surface area contributed by atoms with E-state index in [-0.39, 0.29) is 5.60 Å². The van der Waals surface area contributed by atoms with Gasteiger partial charge in [0.05, 0.1) is 5.60 Å². The zero-order chi connectivity index (χ0) is 10.7. The summed E-state index contributed by atoms with van der Waals surface area (Å²) in [5.41, 5.74) is 1.15. The Morgan fingerprint density at radius 2 is 2.13 bits per heavy atom. The first kappa shape index (κ1) is 10.4. The maximum absolute atomic E-state index is 5.68. The summed E-state index contributed by atoms with van der Waals surface area (Å²) >= 11 is 0. The van der Waals surface area contributed by atoms with Crippen molar-refractivity contribution in [1.29, 1.82) is 0 Å². The number of nitrogens with zero attached hydrogens (tertiary/aromatic N) is 1. The van der Waals surface area contributed by atoms with Crippen molar-refractivity contribution in [3.63, 3.8) is 0 Å². The van der Waals surface area contributed by atoms with Crippen LogP contribution < -0.4 is 5.32 Å². The molecule has 0 aliphatic carbocycles. The van der Waals surface area contributed by atoms with Gasteiger partial charge in [-0.05, 0) is 38.8 Å². The molecule has 0 aromatic carbocycles. The first-order valence-corrected chi connectivity index (χ1v) is 5.46. The van der Waals surface area contributed by atoms with Crippen LogP contribution in [-0.4, -0.2) is 23.2 Å². The fourth-order valence-corrected chi connectivity index (χ4v) is 2.04. The van der Waals surface area contributed by atoms with E-state index in [0.717, 1.165) is 25.1 Å². The molecule has 2 rings (SSSR count). The van der Waals surface area contributed by atoms with E-state index in [4.69, 9.17) is 4.74 Å². The minimum Gasteiger partial charge on any atom is -0.382 e. The lowest BCUT2D eigenvalue weighted by Crippen LogP contribution is -2.40. The Hall–Kier alpha value is -1.09. The molecule has 1 N–H and O–H groups in total. The fraction of sp³-hybridized carbons (Fsp3) is 0.583. The highest BCUT2D eigenvalue weighted by atomic mass is 16.5. The van der Waals surface area contributed by atoms with Crippen LogP contribution in [0.3, 0.4) is 0 Å². The zero-order valence-corrected chi connectivity index (χ0v) is 9.36. The summed E-state index contributed by atoms with van der Waals surface area (Å²) in [6.07, 6.45) is 5.75. The third-order valence-electron chi connectivity index (χ3n) is 2.75. The van der Waals surface area contributed by atoms with Crippen molar-refractivity contribution in [3.05, 3.63) is 24.5 Å². The van der Waals surface area contributed by atoms with Gasteiger partial charge in [-0.3, -0.25) is 4.98 Å². The number of nitrogens with one attached hydrogen (secondary N) is 1. The van der Waals surface area contributed by atoms with Gasteiger partial charge in [0.15, 0.2) is 0 Å². The van der Waals surface area contributed by atoms with Crippen molar-refractivity contribution >= 4 is 5.69 Å². The van der Waals surface area contributed by atoms with Crippen molar-refractivity contribution in [2.75, 3.05) is 11.9 Å². The topological polar surface area (TPSA) is 34.2 Å². The number of anilines is 1. The molecule has 3 nitrogen and oxygen atoms in total. The quantitative estimate of drug-likeness (QED) is 0.807. The standard InChI is InChI=1S/C12H18N2O/c1-12(2)9-11(5-8-15-12)14-10-3-6-13-7-4-10/h3-4,6-7,11H,5,8-9H2,1-2H3,(H,13,14). The summed E-state index contributed by atoms with van der Waals surface area (Å²) in [4.78, 5) is 4.00. The average molecular weight is 206 g/mol. The van der Waals surface area contributed by atoms with Crippen LogP contribution in [0.2, 0.25) is 0 Å². The summed E-state index contributed by atoms with van der Waals surface area (Å²) in [6, 6.07) is 4.52. The molecule has 1 aromatic rings. The Kier molecular flexibility index (Phi) is 2.91. The number of ether oxygens (including phenoxy) is 1. The van der Waals surface area contributed by atoms with Gasteiger partial charge in [0, 0.05) is 30.7 Å². The predicted molar refractivity (Wildman–Crippen MR) is 60.9 cm³/mol. The van der Waals surface area contributed by atoms with Crippen LogP contribution in [-0.2, 0) is 4.74 Å². The Morgan fingerprint density at radius 1 is 1.40 bits per heavy atom. The summed E-state index contributed by atoms with van der Waals surface area (Å²) < 4.78 is 5.68. The molecule has 0 bridgehead atoms. The van der Waals surface area contributed by atoms with Crippen LogP contribution in [0.5, 0.6) is 0 Å². The van der Waals surface area contributed by atoms with E-state index in [0.29, 0.717) is 6.04 Å². The molecule has 3 heteroatoms. The van der Waals surface area contributed by atoms with E-state index in [1.165, 1.54) is 0 Å². The van der Waals surface area contributed by atoms with E-state index >= 15 is 0 Å². The van der Waals surface area contributed by atoms with Gasteiger partial charge in [-0.15, -0.1) is 0 Å². The Balaban J connectivity index is 1.95. The molecule has 0 spiro atoms. The van der Waals surface area contributed by atoms with Crippen molar-refractivity contribution in [2.45, 2.75) is 38.3 Å². The molecule has 1 atom stereocenters. The second kappa shape index (κ2) is 4.19. The zero-order valence-electron chi connectivity index (χ0n) is 9.36. The summed E-state index contributed by atoms with van der Waals surface area (Å²) in [7, 11) is 0. The monoisotopic (exact) mass is 206 g/mol. The highest BCUT2D eigenvalue weighted by molar-refractivity contribution is 5.41. The first-order chi connectivity index (χ1) is 7.16. The summed E-state index contributed by atoms with van der Waals surface area (Å²) in [5.74, 6) is 0. The maximum atomic E-state index is 5.68. The number of aromatic nitrogens is 1. The van der Waals surface area contributed by atoms with Gasteiger partial charge in [-0.1, -0.05) is 0 Å². The second-order valence-electron chi connectivity index (χ2n) is 4.68. The van der Waals surface area contributed by atoms with Crippen LogP contribution in [0, 0.1) is 0 Å². The predicted octanol–water partition coefficient (Wildman–Crippen LogP) is 2.45. The SMILES string of the molecule is CC1(C)CC(Nc2ccncc2)CCO1. The molecule has 1 fully saturated rings. The molecule has 2 heterocycles. The van der Waals surface area contributed by atoms with Crippen LogP contribution in [0.1, 0.15) is 26.7 Å². The molecule has 1 unspecified atom stereocenters. The van der Waals surface area contributed by atoms with Crippen LogP contribution >= 0.6 is 0 Å². The summed E-state index contributed by atoms with van der Waals surface area (Å²) in [5, 5.41) is 3.52. The summed E-state index contributed by atoms with van der Waals surface area (Å²) in [6.45, 7) is 5.14. The first-order valence-electron chi connectivity index (χ1n) is 5.46. The van der Waals surface area contributed by atoms with Gasteiger partial charge < -0.3 is 10.1 Å². The number of hydrogen-bond acceptors (Lipinski definition) is 3. The van der Waals surface area contributed by atoms with Crippen LogP contribution in [0.25, 0.3) is 0 Å². The van der Waals surface area contributed by atoms with Gasteiger partial charge in [0.1, 0.15) is 0 Å². The third kappa shape index (κ3) is 2.93. The van der Waals surface area contributed by atoms with E-state index < -0.39 is 0 Å². The van der Waals surface area contributed by atoms with Crippen LogP contribution in [0.15, 0.2) is 24.5 Å². The molecule has 1 saturated heterocycles. The van der Waals surface area contributed by atoms with Crippen molar-refractivity contribution in [3.8, 4) is 0 Å². The highest BCUT2D eigenvalue weighted by Gasteiger charge is 2.28. The third-order valence-corrected chi connectivity index (χ3v) is 2.75. The second-order valence-corrected chi connectivity index (χ2v) is 4.68. The maximum Gasteiger partial charge on any atom is 0.0646 e. The smallest absolute Gasteiger partial charge is 0.0646 e. The normalized spacial score (nSPS) is 24.8. The van der Waals surface area contributed by atoms with Gasteiger partial charge in [0.2, 0.25) is 0 Å². The van der Waals surface area contributed by atoms with Gasteiger partial charge in [-0.25, -0.2) is 0 Å². The largest absolute Gasteiger partial charge is 0.382 e. The minimum absolute atomic E-state index is 0.00292. The number of rotatable bonds is 2. The van der Waals surface area contributed by atoms with Crippen molar-refractivity contribution < 1.29 is 4.74 Å². The van der Waals surface area contributed by atoms with Crippen molar-refractivity contribution in [2.24, 2.45) is 0 Å².